The van der Waals surface area contributed by atoms with Gasteiger partial charge < -0.3 is 14.8 Å². The Morgan fingerprint density at radius 3 is 2.70 bits per heavy atom. The van der Waals surface area contributed by atoms with Crippen LogP contribution >= 0.6 is 0 Å². The average Bonchev–Trinajstić information content (AvgIpc) is 3.09. The van der Waals surface area contributed by atoms with E-state index >= 15 is 0 Å². The van der Waals surface area contributed by atoms with Gasteiger partial charge >= 0.3 is 0 Å². The van der Waals surface area contributed by atoms with Gasteiger partial charge in [-0.3, -0.25) is 14.6 Å². The number of hydrogen-bond acceptors (Lipinski definition) is 5. The molecule has 126 valence electrons. The minimum absolute atomic E-state index is 0.0243. The molecule has 0 bridgehead atoms. The molecule has 6 nitrogen and oxygen atoms in total. The lowest BCUT2D eigenvalue weighted by Crippen LogP contribution is -2.48. The number of nitrogens with zero attached hydrogens (tertiary/aromatic N) is 2. The molecule has 23 heavy (non-hydrogen) atoms. The predicted octanol–water partition coefficient (Wildman–Crippen LogP) is 0.464. The van der Waals surface area contributed by atoms with Crippen molar-refractivity contribution in [1.29, 1.82) is 0 Å². The number of carbonyl (C=O) groups is 1. The van der Waals surface area contributed by atoms with Crippen molar-refractivity contribution >= 4 is 5.91 Å². The predicted molar refractivity (Wildman–Crippen MR) is 87.0 cm³/mol. The van der Waals surface area contributed by atoms with Crippen LogP contribution in [0.1, 0.15) is 11.6 Å². The zero-order valence-corrected chi connectivity index (χ0v) is 13.6. The maximum Gasteiger partial charge on any atom is 0.239 e. The van der Waals surface area contributed by atoms with Gasteiger partial charge in [-0.25, -0.2) is 0 Å². The third kappa shape index (κ3) is 3.90. The molecule has 2 unspecified atom stereocenters. The third-order valence-electron chi connectivity index (χ3n) is 4.60. The van der Waals surface area contributed by atoms with Crippen molar-refractivity contribution in [2.24, 2.45) is 0 Å². The highest BCUT2D eigenvalue weighted by molar-refractivity contribution is 5.81. The Bertz CT molecular complexity index is 505. The molecule has 1 N–H and O–H groups in total. The second-order valence-corrected chi connectivity index (χ2v) is 5.98. The molecule has 2 aliphatic rings. The van der Waals surface area contributed by atoms with Gasteiger partial charge in [0.2, 0.25) is 5.91 Å². The fourth-order valence-electron chi connectivity index (χ4n) is 3.28. The first kappa shape index (κ1) is 16.4. The minimum Gasteiger partial charge on any atom is -0.379 e. The largest absolute Gasteiger partial charge is 0.379 e. The Morgan fingerprint density at radius 1 is 1.26 bits per heavy atom. The van der Waals surface area contributed by atoms with E-state index in [4.69, 9.17) is 9.47 Å². The number of nitrogens with one attached hydrogen (secondary N) is 1. The number of likely N-dealkylation sites (N-methyl/N-ethyl adjacent to an activating group) is 1. The van der Waals surface area contributed by atoms with Crippen LogP contribution in [0.2, 0.25) is 0 Å². The van der Waals surface area contributed by atoms with Gasteiger partial charge in [-0.15, -0.1) is 0 Å². The molecule has 1 amide bonds. The molecule has 2 aliphatic heterocycles. The van der Waals surface area contributed by atoms with E-state index in [-0.39, 0.29) is 18.0 Å². The number of benzene rings is 1. The Labute approximate surface area is 137 Å². The summed E-state index contributed by atoms with van der Waals surface area (Å²) in [7, 11) is 1.68. The molecule has 0 spiro atoms. The first-order chi connectivity index (χ1) is 11.3. The van der Waals surface area contributed by atoms with Gasteiger partial charge in [-0.05, 0) is 5.56 Å². The van der Waals surface area contributed by atoms with Gasteiger partial charge in [0.1, 0.15) is 6.04 Å². The zero-order valence-electron chi connectivity index (χ0n) is 13.6. The van der Waals surface area contributed by atoms with Crippen molar-refractivity contribution in [2.75, 3.05) is 53.2 Å². The molecule has 3 rings (SSSR count). The zero-order chi connectivity index (χ0) is 16.1. The van der Waals surface area contributed by atoms with Crippen molar-refractivity contribution in [3.63, 3.8) is 0 Å². The van der Waals surface area contributed by atoms with Crippen LogP contribution in [0.3, 0.4) is 0 Å². The van der Waals surface area contributed by atoms with Crippen LogP contribution in [0, 0.1) is 0 Å². The SMILES string of the molecule is CNC(=O)C1COCN1CC(c1ccccc1)N1CCOCC1. The lowest BCUT2D eigenvalue weighted by molar-refractivity contribution is -0.125. The Balaban J connectivity index is 1.76. The smallest absolute Gasteiger partial charge is 0.239 e. The normalized spacial score (nSPS) is 24.5. The van der Waals surface area contributed by atoms with E-state index in [1.54, 1.807) is 7.05 Å². The molecule has 2 heterocycles. The first-order valence-corrected chi connectivity index (χ1v) is 8.19. The van der Waals surface area contributed by atoms with E-state index in [2.05, 4.69) is 39.4 Å². The summed E-state index contributed by atoms with van der Waals surface area (Å²) >= 11 is 0. The van der Waals surface area contributed by atoms with E-state index in [9.17, 15) is 4.79 Å². The molecule has 1 aromatic rings. The Kier molecular flexibility index (Phi) is 5.61. The number of hydrogen-bond donors (Lipinski definition) is 1. The lowest BCUT2D eigenvalue weighted by Gasteiger charge is -2.37. The van der Waals surface area contributed by atoms with Crippen LogP contribution in [0.15, 0.2) is 30.3 Å². The molecule has 0 aromatic heterocycles. The van der Waals surface area contributed by atoms with E-state index in [1.807, 2.05) is 6.07 Å². The van der Waals surface area contributed by atoms with Gasteiger partial charge in [-0.1, -0.05) is 30.3 Å². The summed E-state index contributed by atoms with van der Waals surface area (Å²) in [5.41, 5.74) is 1.27. The Hall–Kier alpha value is -1.47. The monoisotopic (exact) mass is 319 g/mol. The topological polar surface area (TPSA) is 54.0 Å². The van der Waals surface area contributed by atoms with Crippen molar-refractivity contribution in [2.45, 2.75) is 12.1 Å². The molecule has 2 saturated heterocycles. The summed E-state index contributed by atoms with van der Waals surface area (Å²) < 4.78 is 11.0. The van der Waals surface area contributed by atoms with Crippen molar-refractivity contribution in [1.82, 2.24) is 15.1 Å². The van der Waals surface area contributed by atoms with Crippen molar-refractivity contribution in [3.8, 4) is 0 Å². The number of ether oxygens (including phenoxy) is 2. The number of amides is 1. The fraction of sp³-hybridized carbons (Fsp3) is 0.588. The van der Waals surface area contributed by atoms with Crippen molar-refractivity contribution < 1.29 is 14.3 Å². The highest BCUT2D eigenvalue weighted by Crippen LogP contribution is 2.25. The van der Waals surface area contributed by atoms with E-state index in [0.717, 1.165) is 32.8 Å². The number of rotatable bonds is 5. The summed E-state index contributed by atoms with van der Waals surface area (Å²) in [5.74, 6) is 0.0243. The Morgan fingerprint density at radius 2 is 2.00 bits per heavy atom. The summed E-state index contributed by atoms with van der Waals surface area (Å²) in [6, 6.07) is 10.5. The maximum absolute atomic E-state index is 12.1. The van der Waals surface area contributed by atoms with Crippen LogP contribution in [-0.2, 0) is 14.3 Å². The van der Waals surface area contributed by atoms with Gasteiger partial charge in [-0.2, -0.15) is 0 Å². The maximum atomic E-state index is 12.1. The first-order valence-electron chi connectivity index (χ1n) is 8.19. The lowest BCUT2D eigenvalue weighted by atomic mass is 10.0. The van der Waals surface area contributed by atoms with Crippen LogP contribution in [0.5, 0.6) is 0 Å². The van der Waals surface area contributed by atoms with E-state index in [1.165, 1.54) is 5.56 Å². The molecule has 2 atom stereocenters. The quantitative estimate of drug-likeness (QED) is 0.855. The van der Waals surface area contributed by atoms with Crippen LogP contribution < -0.4 is 5.32 Å². The minimum atomic E-state index is -0.202. The van der Waals surface area contributed by atoms with Crippen LogP contribution in [0.4, 0.5) is 0 Å². The number of carbonyl (C=O) groups excluding carboxylic acids is 1. The highest BCUT2D eigenvalue weighted by atomic mass is 16.5. The molecule has 2 fully saturated rings. The van der Waals surface area contributed by atoms with Gasteiger partial charge in [0, 0.05) is 32.7 Å². The van der Waals surface area contributed by atoms with E-state index in [0.29, 0.717) is 13.3 Å². The summed E-state index contributed by atoms with van der Waals surface area (Å²) in [6.45, 7) is 5.10. The molecular formula is C17H25N3O3. The molecule has 0 saturated carbocycles. The molecule has 6 heteroatoms. The average molecular weight is 319 g/mol. The third-order valence-corrected chi connectivity index (χ3v) is 4.60. The second kappa shape index (κ2) is 7.88. The standard InChI is InChI=1S/C17H25N3O3/c1-18-17(21)16-12-23-13-20(16)11-15(14-5-3-2-4-6-14)19-7-9-22-10-8-19/h2-6,15-16H,7-13H2,1H3,(H,18,21). The highest BCUT2D eigenvalue weighted by Gasteiger charge is 2.34. The van der Waals surface area contributed by atoms with Gasteiger partial charge in [0.25, 0.3) is 0 Å². The van der Waals surface area contributed by atoms with Gasteiger partial charge in [0.05, 0.1) is 26.6 Å². The number of morpholine rings is 1. The summed E-state index contributed by atoms with van der Waals surface area (Å²) in [5, 5.41) is 2.74. The molecular weight excluding hydrogens is 294 g/mol. The van der Waals surface area contributed by atoms with Crippen LogP contribution in [-0.4, -0.2) is 75.0 Å². The van der Waals surface area contributed by atoms with E-state index < -0.39 is 0 Å². The van der Waals surface area contributed by atoms with Crippen molar-refractivity contribution in [3.05, 3.63) is 35.9 Å². The summed E-state index contributed by atoms with van der Waals surface area (Å²) in [4.78, 5) is 16.6. The molecule has 0 aliphatic carbocycles. The van der Waals surface area contributed by atoms with Crippen LogP contribution in [0.25, 0.3) is 0 Å². The second-order valence-electron chi connectivity index (χ2n) is 5.98. The molecule has 0 radical (unpaired) electrons. The summed E-state index contributed by atoms with van der Waals surface area (Å²) in [6.07, 6.45) is 0. The van der Waals surface area contributed by atoms with Gasteiger partial charge in [0.15, 0.2) is 0 Å². The fourth-order valence-corrected chi connectivity index (χ4v) is 3.28. The molecule has 1 aromatic carbocycles.